The summed E-state index contributed by atoms with van der Waals surface area (Å²) >= 11 is 0. The molecule has 1 fully saturated rings. The molecule has 2 unspecified atom stereocenters. The summed E-state index contributed by atoms with van der Waals surface area (Å²) in [5, 5.41) is 3.53. The van der Waals surface area contributed by atoms with Crippen LogP contribution in [0.5, 0.6) is 0 Å². The van der Waals surface area contributed by atoms with Crippen LogP contribution in [0.3, 0.4) is 0 Å². The van der Waals surface area contributed by atoms with E-state index in [9.17, 15) is 0 Å². The third-order valence-electron chi connectivity index (χ3n) is 4.07. The van der Waals surface area contributed by atoms with Crippen LogP contribution < -0.4 is 5.32 Å². The SMILES string of the molecule is CCCC(C)C(NC)C1(OCC)CCCC1. The van der Waals surface area contributed by atoms with E-state index < -0.39 is 0 Å². The first kappa shape index (κ1) is 14.0. The van der Waals surface area contributed by atoms with Crippen LogP contribution in [-0.2, 0) is 4.74 Å². The molecule has 0 radical (unpaired) electrons. The summed E-state index contributed by atoms with van der Waals surface area (Å²) < 4.78 is 6.15. The molecule has 0 aromatic heterocycles. The Balaban J connectivity index is 2.72. The minimum Gasteiger partial charge on any atom is -0.374 e. The zero-order chi connectivity index (χ0) is 12.0. The second-order valence-corrected chi connectivity index (χ2v) is 5.24. The fourth-order valence-electron chi connectivity index (χ4n) is 3.49. The monoisotopic (exact) mass is 227 g/mol. The van der Waals surface area contributed by atoms with Crippen LogP contribution in [-0.4, -0.2) is 25.3 Å². The summed E-state index contributed by atoms with van der Waals surface area (Å²) in [7, 11) is 2.09. The Hall–Kier alpha value is -0.0800. The van der Waals surface area contributed by atoms with Gasteiger partial charge in [0, 0.05) is 12.6 Å². The van der Waals surface area contributed by atoms with Gasteiger partial charge in [-0.3, -0.25) is 0 Å². The molecule has 2 nitrogen and oxygen atoms in total. The van der Waals surface area contributed by atoms with Crippen molar-refractivity contribution in [2.45, 2.75) is 70.9 Å². The molecule has 0 aliphatic heterocycles. The standard InChI is InChI=1S/C14H29NO/c1-5-9-12(3)13(15-4)14(16-6-2)10-7-8-11-14/h12-13,15H,5-11H2,1-4H3. The molecule has 0 aromatic carbocycles. The highest BCUT2D eigenvalue weighted by Gasteiger charge is 2.43. The van der Waals surface area contributed by atoms with Gasteiger partial charge in [0.2, 0.25) is 0 Å². The summed E-state index contributed by atoms with van der Waals surface area (Å²) in [5.74, 6) is 0.708. The second kappa shape index (κ2) is 6.61. The quantitative estimate of drug-likeness (QED) is 0.720. The van der Waals surface area contributed by atoms with Crippen molar-refractivity contribution >= 4 is 0 Å². The fourth-order valence-corrected chi connectivity index (χ4v) is 3.49. The lowest BCUT2D eigenvalue weighted by molar-refractivity contribution is -0.0726. The molecule has 1 N–H and O–H groups in total. The predicted octanol–water partition coefficient (Wildman–Crippen LogP) is 3.36. The molecule has 0 amide bonds. The molecule has 1 aliphatic rings. The van der Waals surface area contributed by atoms with Crippen LogP contribution >= 0.6 is 0 Å². The topological polar surface area (TPSA) is 21.3 Å². The van der Waals surface area contributed by atoms with Gasteiger partial charge in [0.1, 0.15) is 0 Å². The van der Waals surface area contributed by atoms with Gasteiger partial charge >= 0.3 is 0 Å². The van der Waals surface area contributed by atoms with Crippen molar-refractivity contribution in [3.63, 3.8) is 0 Å². The molecule has 0 spiro atoms. The molecule has 0 saturated heterocycles. The van der Waals surface area contributed by atoms with Gasteiger partial charge in [-0.25, -0.2) is 0 Å². The molecular formula is C14H29NO. The molecule has 0 aromatic rings. The van der Waals surface area contributed by atoms with Gasteiger partial charge in [0.25, 0.3) is 0 Å². The summed E-state index contributed by atoms with van der Waals surface area (Å²) in [6.45, 7) is 7.60. The van der Waals surface area contributed by atoms with Crippen molar-refractivity contribution in [1.29, 1.82) is 0 Å². The van der Waals surface area contributed by atoms with Crippen molar-refractivity contribution < 1.29 is 4.74 Å². The van der Waals surface area contributed by atoms with Gasteiger partial charge in [-0.1, -0.05) is 33.1 Å². The number of hydrogen-bond acceptors (Lipinski definition) is 2. The van der Waals surface area contributed by atoms with Crippen LogP contribution in [0.25, 0.3) is 0 Å². The maximum atomic E-state index is 6.15. The third-order valence-corrected chi connectivity index (χ3v) is 4.07. The van der Waals surface area contributed by atoms with E-state index in [1.165, 1.54) is 38.5 Å². The molecule has 0 bridgehead atoms. The molecule has 2 heteroatoms. The number of hydrogen-bond donors (Lipinski definition) is 1. The van der Waals surface area contributed by atoms with Crippen molar-refractivity contribution in [2.75, 3.05) is 13.7 Å². The van der Waals surface area contributed by atoms with Gasteiger partial charge in [0.05, 0.1) is 5.60 Å². The third kappa shape index (κ3) is 2.98. The van der Waals surface area contributed by atoms with Crippen molar-refractivity contribution in [1.82, 2.24) is 5.32 Å². The Morgan fingerprint density at radius 2 is 1.88 bits per heavy atom. The first-order valence-electron chi connectivity index (χ1n) is 7.01. The van der Waals surface area contributed by atoms with Gasteiger partial charge in [-0.2, -0.15) is 0 Å². The zero-order valence-corrected chi connectivity index (χ0v) is 11.5. The Morgan fingerprint density at radius 3 is 2.31 bits per heavy atom. The number of likely N-dealkylation sites (N-methyl/N-ethyl adjacent to an activating group) is 1. The smallest absolute Gasteiger partial charge is 0.0837 e. The van der Waals surface area contributed by atoms with E-state index in [1.54, 1.807) is 0 Å². The van der Waals surface area contributed by atoms with E-state index in [-0.39, 0.29) is 5.60 Å². The van der Waals surface area contributed by atoms with Crippen LogP contribution in [0.1, 0.15) is 59.3 Å². The Labute approximate surface area is 101 Å². The summed E-state index contributed by atoms with van der Waals surface area (Å²) in [6, 6.07) is 0.523. The fraction of sp³-hybridized carbons (Fsp3) is 1.00. The van der Waals surface area contributed by atoms with E-state index in [1.807, 2.05) is 0 Å². The van der Waals surface area contributed by atoms with E-state index in [0.29, 0.717) is 12.0 Å². The molecule has 96 valence electrons. The van der Waals surface area contributed by atoms with Crippen molar-refractivity contribution in [3.8, 4) is 0 Å². The second-order valence-electron chi connectivity index (χ2n) is 5.24. The molecule has 16 heavy (non-hydrogen) atoms. The van der Waals surface area contributed by atoms with Crippen LogP contribution in [0.2, 0.25) is 0 Å². The van der Waals surface area contributed by atoms with Gasteiger partial charge in [-0.15, -0.1) is 0 Å². The first-order chi connectivity index (χ1) is 7.70. The summed E-state index contributed by atoms with van der Waals surface area (Å²) in [4.78, 5) is 0. The molecule has 1 rings (SSSR count). The van der Waals surface area contributed by atoms with E-state index in [4.69, 9.17) is 4.74 Å². The average Bonchev–Trinajstić information content (AvgIpc) is 2.69. The predicted molar refractivity (Wildman–Crippen MR) is 69.7 cm³/mol. The normalized spacial score (nSPS) is 23.2. The highest BCUT2D eigenvalue weighted by molar-refractivity contribution is 4.98. The largest absolute Gasteiger partial charge is 0.374 e. The lowest BCUT2D eigenvalue weighted by Gasteiger charge is -2.40. The molecule has 1 aliphatic carbocycles. The minimum atomic E-state index is 0.123. The number of ether oxygens (including phenoxy) is 1. The highest BCUT2D eigenvalue weighted by Crippen LogP contribution is 2.39. The van der Waals surface area contributed by atoms with Crippen LogP contribution in [0.15, 0.2) is 0 Å². The minimum absolute atomic E-state index is 0.123. The summed E-state index contributed by atoms with van der Waals surface area (Å²) in [5.41, 5.74) is 0.123. The average molecular weight is 227 g/mol. The molecule has 1 saturated carbocycles. The Bertz CT molecular complexity index is 187. The lowest BCUT2D eigenvalue weighted by atomic mass is 9.81. The lowest BCUT2D eigenvalue weighted by Crippen LogP contribution is -2.53. The first-order valence-corrected chi connectivity index (χ1v) is 7.01. The van der Waals surface area contributed by atoms with E-state index in [0.717, 1.165) is 6.61 Å². The zero-order valence-electron chi connectivity index (χ0n) is 11.5. The van der Waals surface area contributed by atoms with Crippen LogP contribution in [0.4, 0.5) is 0 Å². The van der Waals surface area contributed by atoms with Gasteiger partial charge in [0.15, 0.2) is 0 Å². The van der Waals surface area contributed by atoms with Crippen molar-refractivity contribution in [2.24, 2.45) is 5.92 Å². The number of rotatable bonds is 7. The Morgan fingerprint density at radius 1 is 1.25 bits per heavy atom. The number of nitrogens with one attached hydrogen (secondary N) is 1. The van der Waals surface area contributed by atoms with Crippen LogP contribution in [0, 0.1) is 5.92 Å². The Kier molecular flexibility index (Phi) is 5.77. The highest BCUT2D eigenvalue weighted by atomic mass is 16.5. The maximum absolute atomic E-state index is 6.15. The molecule has 0 heterocycles. The van der Waals surface area contributed by atoms with E-state index in [2.05, 4.69) is 33.1 Å². The van der Waals surface area contributed by atoms with E-state index >= 15 is 0 Å². The summed E-state index contributed by atoms with van der Waals surface area (Å²) in [6.07, 6.45) is 7.69. The van der Waals surface area contributed by atoms with Crippen molar-refractivity contribution in [3.05, 3.63) is 0 Å². The van der Waals surface area contributed by atoms with Gasteiger partial charge in [-0.05, 0) is 39.2 Å². The molecular weight excluding hydrogens is 198 g/mol. The maximum Gasteiger partial charge on any atom is 0.0837 e. The van der Waals surface area contributed by atoms with Gasteiger partial charge < -0.3 is 10.1 Å². The molecule has 2 atom stereocenters.